The fourth-order valence-corrected chi connectivity index (χ4v) is 1.60. The van der Waals surface area contributed by atoms with Gasteiger partial charge in [-0.1, -0.05) is 30.3 Å². The minimum Gasteiger partial charge on any atom is -0.481 e. The highest BCUT2D eigenvalue weighted by Gasteiger charge is 2.24. The average molecular weight is 280 g/mol. The van der Waals surface area contributed by atoms with Gasteiger partial charge in [0, 0.05) is 6.42 Å². The van der Waals surface area contributed by atoms with Gasteiger partial charge in [0.25, 0.3) is 0 Å². The van der Waals surface area contributed by atoms with Gasteiger partial charge in [-0.25, -0.2) is 4.79 Å². The van der Waals surface area contributed by atoms with Crippen LogP contribution in [0.3, 0.4) is 0 Å². The molecule has 0 unspecified atom stereocenters. The summed E-state index contributed by atoms with van der Waals surface area (Å²) in [6.45, 7) is 0. The number of carboxylic acids is 2. The maximum Gasteiger partial charge on any atom is 0.326 e. The van der Waals surface area contributed by atoms with Gasteiger partial charge in [-0.3, -0.25) is 9.59 Å². The molecule has 0 spiro atoms. The van der Waals surface area contributed by atoms with Crippen molar-refractivity contribution in [1.82, 2.24) is 5.32 Å². The zero-order chi connectivity index (χ0) is 15.1. The molecule has 1 aromatic carbocycles. The lowest BCUT2D eigenvalue weighted by Gasteiger charge is -2.17. The molecule has 0 saturated carbocycles. The van der Waals surface area contributed by atoms with Crippen LogP contribution in [-0.2, 0) is 14.4 Å². The Kier molecular flexibility index (Phi) is 5.67. The predicted octanol–water partition coefficient (Wildman–Crippen LogP) is 0.121. The third kappa shape index (κ3) is 4.69. The smallest absolute Gasteiger partial charge is 0.326 e. The number of carbonyl (C=O) groups excluding carboxylic acids is 1. The third-order valence-electron chi connectivity index (χ3n) is 2.70. The molecule has 0 bridgehead atoms. The SMILES string of the molecule is N[C@H](C(=O)N[C@@H](CCC(=O)O)C(=O)O)c1ccccc1. The summed E-state index contributed by atoms with van der Waals surface area (Å²) in [5.41, 5.74) is 6.27. The van der Waals surface area contributed by atoms with Gasteiger partial charge in [-0.05, 0) is 12.0 Å². The first-order chi connectivity index (χ1) is 9.41. The van der Waals surface area contributed by atoms with Gasteiger partial charge >= 0.3 is 11.9 Å². The fraction of sp³-hybridized carbons (Fsp3) is 0.308. The van der Waals surface area contributed by atoms with Crippen LogP contribution >= 0.6 is 0 Å². The molecule has 1 aromatic rings. The topological polar surface area (TPSA) is 130 Å². The Hall–Kier alpha value is -2.41. The normalized spacial score (nSPS) is 13.2. The van der Waals surface area contributed by atoms with E-state index >= 15 is 0 Å². The molecule has 0 radical (unpaired) electrons. The van der Waals surface area contributed by atoms with Crippen LogP contribution in [0.25, 0.3) is 0 Å². The summed E-state index contributed by atoms with van der Waals surface area (Å²) in [7, 11) is 0. The zero-order valence-corrected chi connectivity index (χ0v) is 10.7. The van der Waals surface area contributed by atoms with Crippen LogP contribution < -0.4 is 11.1 Å². The largest absolute Gasteiger partial charge is 0.481 e. The third-order valence-corrected chi connectivity index (χ3v) is 2.70. The summed E-state index contributed by atoms with van der Waals surface area (Å²) in [5.74, 6) is -3.08. The van der Waals surface area contributed by atoms with E-state index in [0.717, 1.165) is 0 Å². The first-order valence-corrected chi connectivity index (χ1v) is 5.97. The average Bonchev–Trinajstić information content (AvgIpc) is 2.42. The molecule has 108 valence electrons. The van der Waals surface area contributed by atoms with Crippen LogP contribution in [-0.4, -0.2) is 34.1 Å². The van der Waals surface area contributed by atoms with Gasteiger partial charge < -0.3 is 21.3 Å². The van der Waals surface area contributed by atoms with E-state index < -0.39 is 29.9 Å². The maximum absolute atomic E-state index is 11.9. The monoisotopic (exact) mass is 280 g/mol. The Labute approximate surface area is 115 Å². The number of nitrogens with one attached hydrogen (secondary N) is 1. The molecule has 7 heteroatoms. The van der Waals surface area contributed by atoms with E-state index in [2.05, 4.69) is 5.32 Å². The molecule has 0 heterocycles. The van der Waals surface area contributed by atoms with Crippen LogP contribution in [0.4, 0.5) is 0 Å². The summed E-state index contributed by atoms with van der Waals surface area (Å²) in [4.78, 5) is 33.3. The molecule has 1 amide bonds. The van der Waals surface area contributed by atoms with Gasteiger partial charge in [0.05, 0.1) is 0 Å². The van der Waals surface area contributed by atoms with E-state index in [1.807, 2.05) is 0 Å². The highest BCUT2D eigenvalue weighted by atomic mass is 16.4. The molecule has 20 heavy (non-hydrogen) atoms. The van der Waals surface area contributed by atoms with Crippen molar-refractivity contribution in [3.8, 4) is 0 Å². The quantitative estimate of drug-likeness (QED) is 0.561. The number of aliphatic carboxylic acids is 2. The Balaban J connectivity index is 2.66. The summed E-state index contributed by atoms with van der Waals surface area (Å²) >= 11 is 0. The molecule has 2 atom stereocenters. The zero-order valence-electron chi connectivity index (χ0n) is 10.7. The van der Waals surface area contributed by atoms with Crippen LogP contribution in [0.1, 0.15) is 24.4 Å². The van der Waals surface area contributed by atoms with Gasteiger partial charge in [0.15, 0.2) is 0 Å². The number of hydrogen-bond acceptors (Lipinski definition) is 4. The molecular weight excluding hydrogens is 264 g/mol. The number of nitrogens with two attached hydrogens (primary N) is 1. The van der Waals surface area contributed by atoms with Crippen molar-refractivity contribution in [2.75, 3.05) is 0 Å². The van der Waals surface area contributed by atoms with E-state index in [1.165, 1.54) is 0 Å². The first kappa shape index (κ1) is 15.6. The minimum atomic E-state index is -1.29. The number of amides is 1. The van der Waals surface area contributed by atoms with E-state index in [0.29, 0.717) is 5.56 Å². The second kappa shape index (κ2) is 7.25. The van der Waals surface area contributed by atoms with E-state index in [1.54, 1.807) is 30.3 Å². The van der Waals surface area contributed by atoms with Gasteiger partial charge in [0.1, 0.15) is 12.1 Å². The van der Waals surface area contributed by atoms with Crippen molar-refractivity contribution in [2.24, 2.45) is 5.73 Å². The number of carbonyl (C=O) groups is 3. The number of hydrogen-bond donors (Lipinski definition) is 4. The lowest BCUT2D eigenvalue weighted by atomic mass is 10.1. The Morgan fingerprint density at radius 1 is 1.15 bits per heavy atom. The molecule has 0 fully saturated rings. The van der Waals surface area contributed by atoms with Crippen LogP contribution in [0, 0.1) is 0 Å². The lowest BCUT2D eigenvalue weighted by Crippen LogP contribution is -2.45. The van der Waals surface area contributed by atoms with E-state index in [4.69, 9.17) is 15.9 Å². The van der Waals surface area contributed by atoms with Gasteiger partial charge in [-0.2, -0.15) is 0 Å². The van der Waals surface area contributed by atoms with Crippen molar-refractivity contribution in [3.63, 3.8) is 0 Å². The first-order valence-electron chi connectivity index (χ1n) is 5.97. The van der Waals surface area contributed by atoms with E-state index in [-0.39, 0.29) is 12.8 Å². The van der Waals surface area contributed by atoms with Crippen molar-refractivity contribution in [1.29, 1.82) is 0 Å². The molecule has 0 aliphatic carbocycles. The highest BCUT2D eigenvalue weighted by molar-refractivity contribution is 5.87. The molecule has 0 aliphatic rings. The predicted molar refractivity (Wildman–Crippen MR) is 69.8 cm³/mol. The van der Waals surface area contributed by atoms with Crippen molar-refractivity contribution in [2.45, 2.75) is 24.9 Å². The van der Waals surface area contributed by atoms with E-state index in [9.17, 15) is 14.4 Å². The molecule has 7 nitrogen and oxygen atoms in total. The lowest BCUT2D eigenvalue weighted by molar-refractivity contribution is -0.143. The summed E-state index contributed by atoms with van der Waals surface area (Å²) in [5, 5.41) is 19.7. The fourth-order valence-electron chi connectivity index (χ4n) is 1.60. The van der Waals surface area contributed by atoms with Crippen LogP contribution in [0.15, 0.2) is 30.3 Å². The number of rotatable bonds is 7. The Morgan fingerprint density at radius 2 is 1.75 bits per heavy atom. The number of carboxylic acid groups (broad SMARTS) is 2. The molecular formula is C13H16N2O5. The Bertz CT molecular complexity index is 489. The summed E-state index contributed by atoms with van der Waals surface area (Å²) < 4.78 is 0. The number of benzene rings is 1. The molecule has 1 rings (SSSR count). The van der Waals surface area contributed by atoms with Crippen LogP contribution in [0.2, 0.25) is 0 Å². The van der Waals surface area contributed by atoms with Crippen LogP contribution in [0.5, 0.6) is 0 Å². The van der Waals surface area contributed by atoms with Crippen molar-refractivity contribution in [3.05, 3.63) is 35.9 Å². The standard InChI is InChI=1S/C13H16N2O5/c14-11(8-4-2-1-3-5-8)12(18)15-9(13(19)20)6-7-10(16)17/h1-5,9,11H,6-7,14H2,(H,15,18)(H,16,17)(H,19,20)/t9-,11-/m0/s1. The summed E-state index contributed by atoms with van der Waals surface area (Å²) in [6.07, 6.45) is -0.546. The second-order valence-corrected chi connectivity index (χ2v) is 4.22. The summed E-state index contributed by atoms with van der Waals surface area (Å²) in [6, 6.07) is 6.22. The van der Waals surface area contributed by atoms with Crippen molar-refractivity contribution < 1.29 is 24.6 Å². The van der Waals surface area contributed by atoms with Crippen molar-refractivity contribution >= 4 is 17.8 Å². The molecule has 0 aliphatic heterocycles. The molecule has 5 N–H and O–H groups in total. The van der Waals surface area contributed by atoms with Gasteiger partial charge in [0.2, 0.25) is 5.91 Å². The molecule has 0 saturated heterocycles. The highest BCUT2D eigenvalue weighted by Crippen LogP contribution is 2.10. The van der Waals surface area contributed by atoms with Gasteiger partial charge in [-0.15, -0.1) is 0 Å². The second-order valence-electron chi connectivity index (χ2n) is 4.22. The maximum atomic E-state index is 11.9. The minimum absolute atomic E-state index is 0.197. The molecule has 0 aromatic heterocycles. The Morgan fingerprint density at radius 3 is 2.25 bits per heavy atom.